The minimum absolute atomic E-state index is 0.0776. The van der Waals surface area contributed by atoms with Gasteiger partial charge >= 0.3 is 5.97 Å². The van der Waals surface area contributed by atoms with Crippen molar-refractivity contribution >= 4 is 5.97 Å². The molecule has 0 aliphatic rings. The highest BCUT2D eigenvalue weighted by Gasteiger charge is 2.31. The third-order valence-corrected chi connectivity index (χ3v) is 4.25. The fourth-order valence-electron chi connectivity index (χ4n) is 3.08. The Morgan fingerprint density at radius 3 is 2.36 bits per heavy atom. The number of aromatic carboxylic acids is 1. The summed E-state index contributed by atoms with van der Waals surface area (Å²) in [6.45, 7) is 2.80. The summed E-state index contributed by atoms with van der Waals surface area (Å²) in [5, 5.41) is 12.5. The molecule has 1 heterocycles. The van der Waals surface area contributed by atoms with Gasteiger partial charge in [0.15, 0.2) is 11.5 Å². The first-order valence-electron chi connectivity index (χ1n) is 8.67. The van der Waals surface area contributed by atoms with E-state index in [1.807, 2.05) is 6.92 Å². The Morgan fingerprint density at radius 1 is 1.18 bits per heavy atom. The van der Waals surface area contributed by atoms with Gasteiger partial charge in [0, 0.05) is 23.4 Å². The predicted molar refractivity (Wildman–Crippen MR) is 99.8 cm³/mol. The molecule has 0 amide bonds. The third kappa shape index (κ3) is 4.04. The minimum Gasteiger partial charge on any atom is -0.493 e. The van der Waals surface area contributed by atoms with E-state index in [9.17, 15) is 18.7 Å². The molecule has 3 N–H and O–H groups in total. The van der Waals surface area contributed by atoms with E-state index in [1.165, 1.54) is 21.3 Å². The van der Waals surface area contributed by atoms with Crippen LogP contribution in [0.15, 0.2) is 12.1 Å². The number of hydrogen-bond donors (Lipinski definition) is 3. The normalized spacial score (nSPS) is 11.0. The van der Waals surface area contributed by atoms with Crippen molar-refractivity contribution in [2.24, 2.45) is 0 Å². The molecule has 0 saturated heterocycles. The second-order valence-corrected chi connectivity index (χ2v) is 5.93. The second-order valence-electron chi connectivity index (χ2n) is 5.93. The van der Waals surface area contributed by atoms with Crippen LogP contribution in [0, 0.1) is 0 Å². The lowest BCUT2D eigenvalue weighted by molar-refractivity contribution is 0.0679. The van der Waals surface area contributed by atoms with Crippen LogP contribution < -0.4 is 19.5 Å². The van der Waals surface area contributed by atoms with Crippen molar-refractivity contribution < 1.29 is 32.9 Å². The molecule has 2 rings (SSSR count). The Morgan fingerprint density at radius 2 is 1.86 bits per heavy atom. The van der Waals surface area contributed by atoms with Crippen molar-refractivity contribution in [2.45, 2.75) is 26.3 Å². The standard InChI is InChI=1S/C19H24F2N2O5/c1-5-8-22-9-11-13(14(18(20)21)15(23-11)19(24)25)10-6-7-12(26-2)17(28-4)16(10)27-3/h6-7,18,22-23H,5,8-9H2,1-4H3,(H,24,25). The van der Waals surface area contributed by atoms with Gasteiger partial charge in [-0.15, -0.1) is 0 Å². The monoisotopic (exact) mass is 398 g/mol. The molecule has 2 aromatic rings. The van der Waals surface area contributed by atoms with Crippen molar-refractivity contribution in [1.82, 2.24) is 10.3 Å². The van der Waals surface area contributed by atoms with Crippen LogP contribution in [0.25, 0.3) is 11.1 Å². The van der Waals surface area contributed by atoms with Gasteiger partial charge in [0.05, 0.1) is 26.9 Å². The first-order valence-corrected chi connectivity index (χ1v) is 8.67. The lowest BCUT2D eigenvalue weighted by Gasteiger charge is -2.17. The van der Waals surface area contributed by atoms with Crippen LogP contribution in [0.5, 0.6) is 17.2 Å². The smallest absolute Gasteiger partial charge is 0.352 e. The summed E-state index contributed by atoms with van der Waals surface area (Å²) in [5.74, 6) is -0.691. The number of carboxylic acids is 1. The summed E-state index contributed by atoms with van der Waals surface area (Å²) in [6.07, 6.45) is -2.17. The summed E-state index contributed by atoms with van der Waals surface area (Å²) in [4.78, 5) is 14.2. The van der Waals surface area contributed by atoms with Crippen LogP contribution in [0.2, 0.25) is 0 Å². The van der Waals surface area contributed by atoms with Crippen molar-refractivity contribution in [3.63, 3.8) is 0 Å². The van der Waals surface area contributed by atoms with Gasteiger partial charge in [-0.1, -0.05) is 6.92 Å². The topological polar surface area (TPSA) is 92.8 Å². The van der Waals surface area contributed by atoms with Gasteiger partial charge in [-0.25, -0.2) is 13.6 Å². The largest absolute Gasteiger partial charge is 0.493 e. The lowest BCUT2D eigenvalue weighted by Crippen LogP contribution is -2.15. The molecule has 0 unspecified atom stereocenters. The molecule has 0 bridgehead atoms. The number of carbonyl (C=O) groups is 1. The van der Waals surface area contributed by atoms with Crippen LogP contribution in [-0.4, -0.2) is 43.9 Å². The Balaban J connectivity index is 2.80. The van der Waals surface area contributed by atoms with Crippen molar-refractivity contribution in [3.8, 4) is 28.4 Å². The number of halogens is 2. The number of aromatic amines is 1. The highest BCUT2D eigenvalue weighted by Crippen LogP contribution is 2.48. The van der Waals surface area contributed by atoms with Crippen LogP contribution in [0.1, 0.15) is 41.5 Å². The molecule has 0 atom stereocenters. The van der Waals surface area contributed by atoms with Gasteiger partial charge in [-0.3, -0.25) is 0 Å². The number of ether oxygens (including phenoxy) is 3. The molecule has 0 aliphatic heterocycles. The molecular formula is C19H24F2N2O5. The van der Waals surface area contributed by atoms with Gasteiger partial charge in [-0.05, 0) is 25.1 Å². The molecule has 28 heavy (non-hydrogen) atoms. The summed E-state index contributed by atoms with van der Waals surface area (Å²) >= 11 is 0. The van der Waals surface area contributed by atoms with Crippen molar-refractivity contribution in [3.05, 3.63) is 29.1 Å². The number of nitrogens with one attached hydrogen (secondary N) is 2. The van der Waals surface area contributed by atoms with Gasteiger partial charge in [0.1, 0.15) is 5.69 Å². The minimum atomic E-state index is -3.00. The van der Waals surface area contributed by atoms with Gasteiger partial charge < -0.3 is 29.6 Å². The van der Waals surface area contributed by atoms with Crippen LogP contribution in [0.3, 0.4) is 0 Å². The number of methoxy groups -OCH3 is 3. The highest BCUT2D eigenvalue weighted by atomic mass is 19.3. The van der Waals surface area contributed by atoms with E-state index in [4.69, 9.17) is 14.2 Å². The van der Waals surface area contributed by atoms with E-state index < -0.39 is 23.7 Å². The van der Waals surface area contributed by atoms with Gasteiger partial charge in [0.2, 0.25) is 5.75 Å². The Bertz CT molecular complexity index is 836. The zero-order valence-corrected chi connectivity index (χ0v) is 16.2. The van der Waals surface area contributed by atoms with Crippen LogP contribution in [-0.2, 0) is 6.54 Å². The molecule has 0 fully saturated rings. The molecular weight excluding hydrogens is 374 g/mol. The molecule has 0 saturated carbocycles. The Kier molecular flexibility index (Phi) is 7.22. The predicted octanol–water partition coefficient (Wildman–Crippen LogP) is 3.84. The molecule has 9 heteroatoms. The first-order chi connectivity index (χ1) is 13.4. The van der Waals surface area contributed by atoms with Gasteiger partial charge in [-0.2, -0.15) is 0 Å². The number of H-pyrrole nitrogens is 1. The maximum atomic E-state index is 13.9. The molecule has 1 aromatic carbocycles. The number of rotatable bonds is 10. The van der Waals surface area contributed by atoms with Crippen molar-refractivity contribution in [1.29, 1.82) is 0 Å². The Hall–Kier alpha value is -2.81. The second kappa shape index (κ2) is 9.41. The highest BCUT2D eigenvalue weighted by molar-refractivity contribution is 5.93. The molecule has 7 nitrogen and oxygen atoms in total. The molecule has 154 valence electrons. The number of carboxylic acid groups (broad SMARTS) is 1. The lowest BCUT2D eigenvalue weighted by atomic mass is 9.98. The number of aromatic nitrogens is 1. The zero-order valence-electron chi connectivity index (χ0n) is 16.2. The van der Waals surface area contributed by atoms with Crippen molar-refractivity contribution in [2.75, 3.05) is 27.9 Å². The maximum absolute atomic E-state index is 13.9. The average Bonchev–Trinajstić information content (AvgIpc) is 3.06. The average molecular weight is 398 g/mol. The maximum Gasteiger partial charge on any atom is 0.352 e. The van der Waals surface area contributed by atoms with Crippen LogP contribution >= 0.6 is 0 Å². The SMILES string of the molecule is CCCNCc1[nH]c(C(=O)O)c(C(F)F)c1-c1ccc(OC)c(OC)c1OC. The molecule has 1 aromatic heterocycles. The number of benzene rings is 1. The van der Waals surface area contributed by atoms with Crippen LogP contribution in [0.4, 0.5) is 8.78 Å². The van der Waals surface area contributed by atoms with E-state index in [0.717, 1.165) is 6.42 Å². The fourth-order valence-corrected chi connectivity index (χ4v) is 3.08. The fraction of sp³-hybridized carbons (Fsp3) is 0.421. The first kappa shape index (κ1) is 21.5. The summed E-state index contributed by atoms with van der Waals surface area (Å²) in [5.41, 5.74) is -0.450. The number of alkyl halides is 2. The van der Waals surface area contributed by atoms with E-state index in [0.29, 0.717) is 18.0 Å². The summed E-state index contributed by atoms with van der Waals surface area (Å²) in [6, 6.07) is 3.10. The third-order valence-electron chi connectivity index (χ3n) is 4.25. The molecule has 0 spiro atoms. The zero-order chi connectivity index (χ0) is 20.8. The quantitative estimate of drug-likeness (QED) is 0.527. The van der Waals surface area contributed by atoms with E-state index in [-0.39, 0.29) is 29.2 Å². The molecule has 0 aliphatic carbocycles. The summed E-state index contributed by atoms with van der Waals surface area (Å²) < 4.78 is 43.8. The van der Waals surface area contributed by atoms with E-state index in [2.05, 4.69) is 10.3 Å². The molecule has 0 radical (unpaired) electrons. The Labute approximate surface area is 161 Å². The summed E-state index contributed by atoms with van der Waals surface area (Å²) in [7, 11) is 4.23. The van der Waals surface area contributed by atoms with E-state index >= 15 is 0 Å². The van der Waals surface area contributed by atoms with E-state index in [1.54, 1.807) is 12.1 Å². The van der Waals surface area contributed by atoms with Gasteiger partial charge in [0.25, 0.3) is 6.43 Å². The number of hydrogen-bond acceptors (Lipinski definition) is 5.